The SMILES string of the molecule is CN1C[C@H](COCc2cccnc2)CC12CN(C(=O)C1CC(O)C1)C2. The van der Waals surface area contributed by atoms with Crippen molar-refractivity contribution in [3.05, 3.63) is 30.1 Å². The zero-order chi connectivity index (χ0) is 17.4. The molecule has 3 heterocycles. The maximum atomic E-state index is 12.4. The van der Waals surface area contributed by atoms with Crippen LogP contribution in [0.15, 0.2) is 24.5 Å². The molecule has 0 aromatic carbocycles. The molecule has 1 aromatic rings. The number of carbonyl (C=O) groups excluding carboxylic acids is 1. The molecule has 2 aliphatic heterocycles. The number of likely N-dealkylation sites (N-methyl/N-ethyl adjacent to an activating group) is 1. The van der Waals surface area contributed by atoms with Crippen molar-refractivity contribution in [2.24, 2.45) is 11.8 Å². The van der Waals surface area contributed by atoms with Gasteiger partial charge < -0.3 is 14.7 Å². The van der Waals surface area contributed by atoms with Gasteiger partial charge >= 0.3 is 0 Å². The molecule has 1 aromatic heterocycles. The summed E-state index contributed by atoms with van der Waals surface area (Å²) >= 11 is 0. The average Bonchev–Trinajstić information content (AvgIpc) is 2.87. The Labute approximate surface area is 148 Å². The summed E-state index contributed by atoms with van der Waals surface area (Å²) in [7, 11) is 2.16. The van der Waals surface area contributed by atoms with Crippen LogP contribution in [0.25, 0.3) is 0 Å². The third-order valence-electron chi connectivity index (χ3n) is 6.10. The fourth-order valence-electron chi connectivity index (χ4n) is 4.52. The molecule has 1 N–H and O–H groups in total. The van der Waals surface area contributed by atoms with Gasteiger partial charge in [0.2, 0.25) is 5.91 Å². The first-order chi connectivity index (χ1) is 12.1. The van der Waals surface area contributed by atoms with Gasteiger partial charge in [0.05, 0.1) is 24.9 Å². The van der Waals surface area contributed by atoms with E-state index in [0.29, 0.717) is 25.4 Å². The molecule has 1 saturated carbocycles. The van der Waals surface area contributed by atoms with Crippen molar-refractivity contribution in [2.75, 3.05) is 33.3 Å². The molecule has 0 bridgehead atoms. The Balaban J connectivity index is 1.23. The standard InChI is InChI=1S/C19H27N3O3/c1-21-9-15(11-25-10-14-3-2-4-20-8-14)7-19(21)12-22(13-19)18(24)16-5-17(23)6-16/h2-4,8,15-17,23H,5-7,9-13H2,1H3/t15-,16?,17?/m1/s1. The molecule has 6 heteroatoms. The fourth-order valence-corrected chi connectivity index (χ4v) is 4.52. The Kier molecular flexibility index (Phi) is 4.52. The molecular weight excluding hydrogens is 318 g/mol. The van der Waals surface area contributed by atoms with Gasteiger partial charge in [-0.1, -0.05) is 6.07 Å². The molecule has 1 aliphatic carbocycles. The number of ether oxygens (including phenoxy) is 1. The van der Waals surface area contributed by atoms with Crippen LogP contribution in [0.4, 0.5) is 0 Å². The van der Waals surface area contributed by atoms with Crippen molar-refractivity contribution in [3.8, 4) is 0 Å². The van der Waals surface area contributed by atoms with E-state index in [2.05, 4.69) is 16.9 Å². The Morgan fingerprint density at radius 3 is 2.92 bits per heavy atom. The largest absolute Gasteiger partial charge is 0.393 e. The van der Waals surface area contributed by atoms with Crippen molar-refractivity contribution < 1.29 is 14.6 Å². The number of amides is 1. The first-order valence-corrected chi connectivity index (χ1v) is 9.20. The Morgan fingerprint density at radius 2 is 2.24 bits per heavy atom. The molecule has 1 amide bonds. The molecule has 6 nitrogen and oxygen atoms in total. The first-order valence-electron chi connectivity index (χ1n) is 9.20. The Bertz CT molecular complexity index is 612. The summed E-state index contributed by atoms with van der Waals surface area (Å²) in [5, 5.41) is 9.39. The van der Waals surface area contributed by atoms with Gasteiger partial charge in [0.25, 0.3) is 0 Å². The summed E-state index contributed by atoms with van der Waals surface area (Å²) in [6.45, 7) is 4.04. The molecule has 0 unspecified atom stereocenters. The van der Waals surface area contributed by atoms with Crippen molar-refractivity contribution >= 4 is 5.91 Å². The molecule has 136 valence electrons. The van der Waals surface area contributed by atoms with Crippen LogP contribution in [0.2, 0.25) is 0 Å². The number of pyridine rings is 1. The second-order valence-electron chi connectivity index (χ2n) is 8.07. The highest BCUT2D eigenvalue weighted by atomic mass is 16.5. The summed E-state index contributed by atoms with van der Waals surface area (Å²) in [5.41, 5.74) is 1.24. The molecule has 3 aliphatic rings. The third kappa shape index (κ3) is 3.30. The zero-order valence-corrected chi connectivity index (χ0v) is 14.8. The predicted octanol–water partition coefficient (Wildman–Crippen LogP) is 0.902. The number of hydrogen-bond acceptors (Lipinski definition) is 5. The van der Waals surface area contributed by atoms with E-state index < -0.39 is 0 Å². The third-order valence-corrected chi connectivity index (χ3v) is 6.10. The topological polar surface area (TPSA) is 65.9 Å². The highest BCUT2D eigenvalue weighted by Crippen LogP contribution is 2.41. The minimum atomic E-state index is -0.264. The first kappa shape index (κ1) is 16.9. The average molecular weight is 345 g/mol. The molecular formula is C19H27N3O3. The molecule has 1 atom stereocenters. The zero-order valence-electron chi connectivity index (χ0n) is 14.8. The van der Waals surface area contributed by atoms with Gasteiger partial charge in [-0.15, -0.1) is 0 Å². The van der Waals surface area contributed by atoms with E-state index in [0.717, 1.165) is 38.2 Å². The fraction of sp³-hybridized carbons (Fsp3) is 0.684. The maximum Gasteiger partial charge on any atom is 0.226 e. The van der Waals surface area contributed by atoms with Gasteiger partial charge in [-0.05, 0) is 43.9 Å². The Morgan fingerprint density at radius 1 is 1.44 bits per heavy atom. The van der Waals surface area contributed by atoms with Gasteiger partial charge in [-0.2, -0.15) is 0 Å². The van der Waals surface area contributed by atoms with E-state index in [-0.39, 0.29) is 23.5 Å². The van der Waals surface area contributed by atoms with E-state index in [1.165, 1.54) is 0 Å². The van der Waals surface area contributed by atoms with Gasteiger partial charge in [0, 0.05) is 37.9 Å². The molecule has 4 rings (SSSR count). The molecule has 2 saturated heterocycles. The smallest absolute Gasteiger partial charge is 0.226 e. The van der Waals surface area contributed by atoms with Crippen LogP contribution < -0.4 is 0 Å². The van der Waals surface area contributed by atoms with Gasteiger partial charge in [0.15, 0.2) is 0 Å². The van der Waals surface area contributed by atoms with E-state index in [9.17, 15) is 9.90 Å². The second kappa shape index (κ2) is 6.67. The minimum absolute atomic E-state index is 0.0534. The number of aromatic nitrogens is 1. The summed E-state index contributed by atoms with van der Waals surface area (Å²) in [6.07, 6.45) is 5.72. The van der Waals surface area contributed by atoms with Crippen LogP contribution >= 0.6 is 0 Å². The number of carbonyl (C=O) groups is 1. The van der Waals surface area contributed by atoms with Gasteiger partial charge in [-0.25, -0.2) is 0 Å². The quantitative estimate of drug-likeness (QED) is 0.859. The van der Waals surface area contributed by atoms with E-state index in [4.69, 9.17) is 4.74 Å². The lowest BCUT2D eigenvalue weighted by atomic mass is 9.78. The number of likely N-dealkylation sites (tertiary alicyclic amines) is 2. The Hall–Kier alpha value is -1.50. The number of nitrogens with zero attached hydrogens (tertiary/aromatic N) is 3. The lowest BCUT2D eigenvalue weighted by molar-refractivity contribution is -0.154. The lowest BCUT2D eigenvalue weighted by Gasteiger charge is -2.53. The number of aliphatic hydroxyl groups excluding tert-OH is 1. The second-order valence-corrected chi connectivity index (χ2v) is 8.07. The van der Waals surface area contributed by atoms with Crippen molar-refractivity contribution in [3.63, 3.8) is 0 Å². The monoisotopic (exact) mass is 345 g/mol. The lowest BCUT2D eigenvalue weighted by Crippen LogP contribution is -2.69. The van der Waals surface area contributed by atoms with Crippen LogP contribution in [0.5, 0.6) is 0 Å². The summed E-state index contributed by atoms with van der Waals surface area (Å²) < 4.78 is 5.89. The number of rotatable bonds is 5. The van der Waals surface area contributed by atoms with Gasteiger partial charge in [-0.3, -0.25) is 14.7 Å². The van der Waals surface area contributed by atoms with Gasteiger partial charge in [0.1, 0.15) is 0 Å². The van der Waals surface area contributed by atoms with Crippen molar-refractivity contribution in [1.29, 1.82) is 0 Å². The van der Waals surface area contributed by atoms with E-state index in [1.54, 1.807) is 6.20 Å². The normalized spacial score (nSPS) is 31.0. The van der Waals surface area contributed by atoms with Crippen molar-refractivity contribution in [1.82, 2.24) is 14.8 Å². The van der Waals surface area contributed by atoms with Crippen LogP contribution in [-0.2, 0) is 16.1 Å². The van der Waals surface area contributed by atoms with Crippen LogP contribution in [0.3, 0.4) is 0 Å². The van der Waals surface area contributed by atoms with Crippen LogP contribution in [0.1, 0.15) is 24.8 Å². The number of hydrogen-bond donors (Lipinski definition) is 1. The minimum Gasteiger partial charge on any atom is -0.393 e. The highest BCUT2D eigenvalue weighted by Gasteiger charge is 2.54. The predicted molar refractivity (Wildman–Crippen MR) is 92.7 cm³/mol. The molecule has 1 spiro atoms. The molecule has 3 fully saturated rings. The molecule has 25 heavy (non-hydrogen) atoms. The molecule has 0 radical (unpaired) electrons. The van der Waals surface area contributed by atoms with Crippen LogP contribution in [0, 0.1) is 11.8 Å². The van der Waals surface area contributed by atoms with E-state index >= 15 is 0 Å². The highest BCUT2D eigenvalue weighted by molar-refractivity contribution is 5.81. The number of aliphatic hydroxyl groups is 1. The summed E-state index contributed by atoms with van der Waals surface area (Å²) in [5.74, 6) is 0.808. The van der Waals surface area contributed by atoms with Crippen molar-refractivity contribution in [2.45, 2.75) is 37.5 Å². The van der Waals surface area contributed by atoms with E-state index in [1.807, 2.05) is 23.2 Å². The summed E-state index contributed by atoms with van der Waals surface area (Å²) in [6, 6.07) is 3.96. The summed E-state index contributed by atoms with van der Waals surface area (Å²) in [4.78, 5) is 20.9. The van der Waals surface area contributed by atoms with Crippen LogP contribution in [-0.4, -0.2) is 70.7 Å². The maximum absolute atomic E-state index is 12.4.